The summed E-state index contributed by atoms with van der Waals surface area (Å²) in [6.45, 7) is 6.55. The molecule has 2 atom stereocenters. The Morgan fingerprint density at radius 3 is 2.95 bits per heavy atom. The van der Waals surface area contributed by atoms with E-state index in [1.165, 1.54) is 6.07 Å². The van der Waals surface area contributed by atoms with Gasteiger partial charge in [-0.2, -0.15) is 0 Å². The molecule has 1 saturated heterocycles. The Kier molecular flexibility index (Phi) is 5.55. The lowest BCUT2D eigenvalue weighted by Crippen LogP contribution is -2.48. The average Bonchev–Trinajstić information content (AvgIpc) is 2.39. The molecule has 2 unspecified atom stereocenters. The first kappa shape index (κ1) is 15.9. The van der Waals surface area contributed by atoms with Crippen LogP contribution in [0.1, 0.15) is 25.5 Å². The van der Waals surface area contributed by atoms with Crippen molar-refractivity contribution in [2.75, 3.05) is 26.7 Å². The van der Waals surface area contributed by atoms with E-state index in [-0.39, 0.29) is 18.0 Å². The Morgan fingerprint density at radius 2 is 2.25 bits per heavy atom. The lowest BCUT2D eigenvalue weighted by molar-refractivity contribution is -0.0623. The molecule has 3 nitrogen and oxygen atoms in total. The van der Waals surface area contributed by atoms with Gasteiger partial charge in [0.05, 0.1) is 18.8 Å². The van der Waals surface area contributed by atoms with Crippen molar-refractivity contribution < 1.29 is 9.13 Å². The molecule has 1 aliphatic heterocycles. The zero-order valence-electron chi connectivity index (χ0n) is 12.2. The third-order valence-corrected chi connectivity index (χ3v) is 4.33. The van der Waals surface area contributed by atoms with E-state index in [2.05, 4.69) is 47.0 Å². The Balaban J connectivity index is 2.24. The molecule has 1 fully saturated rings. The molecule has 0 saturated carbocycles. The van der Waals surface area contributed by atoms with E-state index in [1.807, 2.05) is 0 Å². The largest absolute Gasteiger partial charge is 0.374 e. The first-order valence-corrected chi connectivity index (χ1v) is 7.78. The van der Waals surface area contributed by atoms with Gasteiger partial charge in [0.25, 0.3) is 0 Å². The predicted molar refractivity (Wildman–Crippen MR) is 82.3 cm³/mol. The fraction of sp³-hybridized carbons (Fsp3) is 0.600. The zero-order valence-corrected chi connectivity index (χ0v) is 13.8. The van der Waals surface area contributed by atoms with Gasteiger partial charge in [-0.3, -0.25) is 4.90 Å². The minimum absolute atomic E-state index is 0.0225. The Hall–Kier alpha value is -0.490. The summed E-state index contributed by atoms with van der Waals surface area (Å²) >= 11 is 3.53. The zero-order chi connectivity index (χ0) is 14.7. The Morgan fingerprint density at radius 1 is 1.50 bits per heavy atom. The van der Waals surface area contributed by atoms with Crippen LogP contribution in [0.4, 0.5) is 4.39 Å². The molecular formula is C15H22BrFN2O. The van der Waals surface area contributed by atoms with Gasteiger partial charge in [-0.25, -0.2) is 4.39 Å². The van der Waals surface area contributed by atoms with E-state index in [0.717, 1.165) is 23.1 Å². The van der Waals surface area contributed by atoms with Crippen LogP contribution in [0.2, 0.25) is 0 Å². The number of hydrogen-bond acceptors (Lipinski definition) is 3. The number of morpholine rings is 1. The van der Waals surface area contributed by atoms with Gasteiger partial charge in [0.15, 0.2) is 0 Å². The van der Waals surface area contributed by atoms with Crippen LogP contribution in [0, 0.1) is 5.82 Å². The highest BCUT2D eigenvalue weighted by Crippen LogP contribution is 2.33. The summed E-state index contributed by atoms with van der Waals surface area (Å²) < 4.78 is 20.4. The summed E-state index contributed by atoms with van der Waals surface area (Å²) in [5.41, 5.74) is 0.947. The number of halogens is 2. The molecule has 112 valence electrons. The SMILES string of the molecule is CC(C)NCC1OCCN(C)C1c1cc(F)ccc1Br. The van der Waals surface area contributed by atoms with Crippen molar-refractivity contribution in [3.63, 3.8) is 0 Å². The van der Waals surface area contributed by atoms with Gasteiger partial charge in [-0.15, -0.1) is 0 Å². The smallest absolute Gasteiger partial charge is 0.123 e. The summed E-state index contributed by atoms with van der Waals surface area (Å²) in [5, 5.41) is 3.41. The molecule has 1 aliphatic rings. The van der Waals surface area contributed by atoms with Crippen molar-refractivity contribution in [2.24, 2.45) is 0 Å². The highest BCUT2D eigenvalue weighted by Gasteiger charge is 2.32. The first-order chi connectivity index (χ1) is 9.49. The van der Waals surface area contributed by atoms with E-state index < -0.39 is 0 Å². The van der Waals surface area contributed by atoms with Crippen LogP contribution in [-0.2, 0) is 4.74 Å². The van der Waals surface area contributed by atoms with Gasteiger partial charge < -0.3 is 10.1 Å². The van der Waals surface area contributed by atoms with Crippen molar-refractivity contribution in [3.8, 4) is 0 Å². The van der Waals surface area contributed by atoms with Gasteiger partial charge in [0.1, 0.15) is 5.82 Å². The highest BCUT2D eigenvalue weighted by atomic mass is 79.9. The molecule has 0 radical (unpaired) electrons. The number of benzene rings is 1. The molecule has 0 aromatic heterocycles. The van der Waals surface area contributed by atoms with Crippen LogP contribution >= 0.6 is 15.9 Å². The number of ether oxygens (including phenoxy) is 1. The fourth-order valence-corrected chi connectivity index (χ4v) is 3.04. The van der Waals surface area contributed by atoms with Crippen molar-refractivity contribution in [3.05, 3.63) is 34.1 Å². The topological polar surface area (TPSA) is 24.5 Å². The molecular weight excluding hydrogens is 323 g/mol. The molecule has 0 bridgehead atoms. The van der Waals surface area contributed by atoms with Gasteiger partial charge in [0, 0.05) is 23.6 Å². The van der Waals surface area contributed by atoms with Gasteiger partial charge in [-0.1, -0.05) is 29.8 Å². The summed E-state index contributed by atoms with van der Waals surface area (Å²) in [4.78, 5) is 2.23. The molecule has 1 aromatic carbocycles. The fourth-order valence-electron chi connectivity index (χ4n) is 2.56. The van der Waals surface area contributed by atoms with E-state index >= 15 is 0 Å². The maximum atomic E-state index is 13.6. The molecule has 20 heavy (non-hydrogen) atoms. The second-order valence-corrected chi connectivity index (χ2v) is 6.42. The summed E-state index contributed by atoms with van der Waals surface area (Å²) in [5.74, 6) is -0.210. The Labute approximate surface area is 128 Å². The summed E-state index contributed by atoms with van der Waals surface area (Å²) in [7, 11) is 2.06. The van der Waals surface area contributed by atoms with E-state index in [0.29, 0.717) is 12.6 Å². The standard InChI is InChI=1S/C15H22BrFN2O/c1-10(2)18-9-14-15(19(3)6-7-20-14)12-8-11(17)4-5-13(12)16/h4-5,8,10,14-15,18H,6-7,9H2,1-3H3. The quantitative estimate of drug-likeness (QED) is 0.908. The maximum Gasteiger partial charge on any atom is 0.123 e. The lowest BCUT2D eigenvalue weighted by Gasteiger charge is -2.40. The van der Waals surface area contributed by atoms with Gasteiger partial charge in [-0.05, 0) is 30.8 Å². The molecule has 1 aromatic rings. The van der Waals surface area contributed by atoms with Crippen LogP contribution in [0.25, 0.3) is 0 Å². The molecule has 2 rings (SSSR count). The molecule has 5 heteroatoms. The van der Waals surface area contributed by atoms with Crippen molar-refractivity contribution >= 4 is 15.9 Å². The van der Waals surface area contributed by atoms with Gasteiger partial charge in [0.2, 0.25) is 0 Å². The van der Waals surface area contributed by atoms with Crippen molar-refractivity contribution in [1.82, 2.24) is 10.2 Å². The minimum Gasteiger partial charge on any atom is -0.374 e. The van der Waals surface area contributed by atoms with Crippen molar-refractivity contribution in [1.29, 1.82) is 0 Å². The minimum atomic E-state index is -0.210. The second-order valence-electron chi connectivity index (χ2n) is 5.56. The van der Waals surface area contributed by atoms with Gasteiger partial charge >= 0.3 is 0 Å². The van der Waals surface area contributed by atoms with Crippen LogP contribution < -0.4 is 5.32 Å². The lowest BCUT2D eigenvalue weighted by atomic mass is 9.98. The summed E-state index contributed by atoms with van der Waals surface area (Å²) in [6.07, 6.45) is 0.0225. The van der Waals surface area contributed by atoms with E-state index in [9.17, 15) is 4.39 Å². The molecule has 0 aliphatic carbocycles. The number of nitrogens with one attached hydrogen (secondary N) is 1. The summed E-state index contributed by atoms with van der Waals surface area (Å²) in [6, 6.07) is 5.29. The number of likely N-dealkylation sites (N-methyl/N-ethyl adjacent to an activating group) is 1. The predicted octanol–water partition coefficient (Wildman–Crippen LogP) is 2.96. The maximum absolute atomic E-state index is 13.6. The average molecular weight is 345 g/mol. The van der Waals surface area contributed by atoms with Crippen molar-refractivity contribution in [2.45, 2.75) is 32.0 Å². The van der Waals surface area contributed by atoms with Crippen LogP contribution in [0.5, 0.6) is 0 Å². The van der Waals surface area contributed by atoms with Crippen LogP contribution in [0.3, 0.4) is 0 Å². The number of hydrogen-bond donors (Lipinski definition) is 1. The second kappa shape index (κ2) is 6.98. The first-order valence-electron chi connectivity index (χ1n) is 6.99. The molecule has 0 spiro atoms. The number of rotatable bonds is 4. The normalized spacial score (nSPS) is 24.3. The third-order valence-electron chi connectivity index (χ3n) is 3.61. The Bertz CT molecular complexity index is 455. The molecule has 1 heterocycles. The van der Waals surface area contributed by atoms with Crippen LogP contribution in [0.15, 0.2) is 22.7 Å². The molecule has 0 amide bonds. The third kappa shape index (κ3) is 3.79. The monoisotopic (exact) mass is 344 g/mol. The van der Waals surface area contributed by atoms with E-state index in [1.54, 1.807) is 12.1 Å². The van der Waals surface area contributed by atoms with E-state index in [4.69, 9.17) is 4.74 Å². The highest BCUT2D eigenvalue weighted by molar-refractivity contribution is 9.10. The number of nitrogens with zero attached hydrogens (tertiary/aromatic N) is 1. The van der Waals surface area contributed by atoms with Crippen LogP contribution in [-0.4, -0.2) is 43.8 Å². The molecule has 1 N–H and O–H groups in total.